The van der Waals surface area contributed by atoms with E-state index in [9.17, 15) is 14.4 Å². The highest BCUT2D eigenvalue weighted by molar-refractivity contribution is 6.00. The molecule has 2 rings (SSSR count). The summed E-state index contributed by atoms with van der Waals surface area (Å²) in [6.07, 6.45) is 1.73. The largest absolute Gasteiger partial charge is 0.497 e. The molecule has 2 aromatic carbocycles. The number of aliphatic hydroxyl groups is 1. The highest BCUT2D eigenvalue weighted by Gasteiger charge is 2.09. The molecule has 8 nitrogen and oxygen atoms in total. The third kappa shape index (κ3) is 7.48. The summed E-state index contributed by atoms with van der Waals surface area (Å²) in [5.74, 6) is -0.0358. The zero-order chi connectivity index (χ0) is 21.8. The highest BCUT2D eigenvalue weighted by Crippen LogP contribution is 2.11. The lowest BCUT2D eigenvalue weighted by Gasteiger charge is -2.06. The van der Waals surface area contributed by atoms with Crippen LogP contribution in [-0.4, -0.2) is 62.3 Å². The Balaban J connectivity index is 1.82. The molecule has 0 aliphatic rings. The first-order valence-electron chi connectivity index (χ1n) is 9.46. The minimum absolute atomic E-state index is 0.00823. The Hall–Kier alpha value is -3.52. The summed E-state index contributed by atoms with van der Waals surface area (Å²) in [7, 11) is 1.58. The number of carbonyl (C=O) groups is 3. The second kappa shape index (κ2) is 12.1. The van der Waals surface area contributed by atoms with Gasteiger partial charge in [0.25, 0.3) is 5.91 Å². The molecule has 0 radical (unpaired) electrons. The summed E-state index contributed by atoms with van der Waals surface area (Å²) < 4.78 is 5.14. The molecule has 2 amide bonds. The Bertz CT molecular complexity index is 894. The monoisotopic (exact) mass is 411 g/mol. The van der Waals surface area contributed by atoms with E-state index >= 15 is 0 Å². The minimum atomic E-state index is -0.333. The van der Waals surface area contributed by atoms with Gasteiger partial charge >= 0.3 is 0 Å². The molecule has 0 saturated heterocycles. The lowest BCUT2D eigenvalue weighted by atomic mass is 10.1. The van der Waals surface area contributed by atoms with Crippen LogP contribution in [0, 0.1) is 0 Å². The molecular formula is C22H25N3O5. The van der Waals surface area contributed by atoms with Gasteiger partial charge in [-0.25, -0.2) is 0 Å². The Kier molecular flexibility index (Phi) is 9.20. The van der Waals surface area contributed by atoms with E-state index in [0.717, 1.165) is 5.56 Å². The zero-order valence-electron chi connectivity index (χ0n) is 16.8. The molecular weight excluding hydrogens is 386 g/mol. The number of nitrogens with zero attached hydrogens (tertiary/aromatic N) is 1. The van der Waals surface area contributed by atoms with Gasteiger partial charge in [-0.3, -0.25) is 19.4 Å². The van der Waals surface area contributed by atoms with E-state index in [1.807, 2.05) is 24.3 Å². The van der Waals surface area contributed by atoms with Crippen LogP contribution in [0.5, 0.6) is 5.75 Å². The van der Waals surface area contributed by atoms with E-state index in [1.165, 1.54) is 0 Å². The summed E-state index contributed by atoms with van der Waals surface area (Å²) in [5.41, 5.74) is 1.68. The zero-order valence-corrected chi connectivity index (χ0v) is 16.8. The molecule has 0 heterocycles. The quantitative estimate of drug-likeness (QED) is 0.380. The lowest BCUT2D eigenvalue weighted by molar-refractivity contribution is -0.121. The van der Waals surface area contributed by atoms with E-state index in [0.29, 0.717) is 16.9 Å². The number of aliphatic imine (C=N–C) groups is 1. The van der Waals surface area contributed by atoms with Crippen LogP contribution in [0.15, 0.2) is 53.5 Å². The van der Waals surface area contributed by atoms with Crippen molar-refractivity contribution in [1.82, 2.24) is 10.6 Å². The molecule has 8 heteroatoms. The first-order valence-corrected chi connectivity index (χ1v) is 9.46. The van der Waals surface area contributed by atoms with Gasteiger partial charge in [0.2, 0.25) is 5.91 Å². The number of nitrogens with one attached hydrogen (secondary N) is 2. The molecule has 30 heavy (non-hydrogen) atoms. The molecule has 3 N–H and O–H groups in total. The molecule has 0 aliphatic heterocycles. The summed E-state index contributed by atoms with van der Waals surface area (Å²) in [6, 6.07) is 13.6. The van der Waals surface area contributed by atoms with Crippen molar-refractivity contribution in [3.63, 3.8) is 0 Å². The lowest BCUT2D eigenvalue weighted by Crippen LogP contribution is -2.32. The number of rotatable bonds is 11. The van der Waals surface area contributed by atoms with E-state index in [2.05, 4.69) is 15.6 Å². The number of methoxy groups -OCH3 is 1. The average Bonchev–Trinajstić information content (AvgIpc) is 2.77. The Labute approximate surface area is 175 Å². The number of hydrogen-bond donors (Lipinski definition) is 3. The molecule has 0 aliphatic carbocycles. The predicted molar refractivity (Wildman–Crippen MR) is 113 cm³/mol. The number of ether oxygens (including phenoxy) is 1. The van der Waals surface area contributed by atoms with Crippen molar-refractivity contribution in [2.45, 2.75) is 6.42 Å². The molecule has 2 aromatic rings. The SMILES string of the molecule is COc1cccc(C=NCC(=O)c2ccc(C(=O)NCCC(=O)NCCO)cc2)c1. The predicted octanol–water partition coefficient (Wildman–Crippen LogP) is 1.23. The Morgan fingerprint density at radius 1 is 1.03 bits per heavy atom. The van der Waals surface area contributed by atoms with Crippen LogP contribution < -0.4 is 15.4 Å². The van der Waals surface area contributed by atoms with Gasteiger partial charge in [0, 0.05) is 36.9 Å². The maximum atomic E-state index is 12.3. The second-order valence-electron chi connectivity index (χ2n) is 6.33. The van der Waals surface area contributed by atoms with Gasteiger partial charge in [-0.1, -0.05) is 24.3 Å². The molecule has 0 aromatic heterocycles. The van der Waals surface area contributed by atoms with Gasteiger partial charge in [-0.15, -0.1) is 0 Å². The van der Waals surface area contributed by atoms with Crippen LogP contribution in [0.2, 0.25) is 0 Å². The van der Waals surface area contributed by atoms with Gasteiger partial charge in [0.1, 0.15) is 12.3 Å². The van der Waals surface area contributed by atoms with Gasteiger partial charge < -0.3 is 20.5 Å². The van der Waals surface area contributed by atoms with Crippen molar-refractivity contribution in [1.29, 1.82) is 0 Å². The minimum Gasteiger partial charge on any atom is -0.497 e. The first-order chi connectivity index (χ1) is 14.5. The molecule has 0 saturated carbocycles. The fourth-order valence-electron chi connectivity index (χ4n) is 2.53. The highest BCUT2D eigenvalue weighted by atomic mass is 16.5. The van der Waals surface area contributed by atoms with Crippen LogP contribution in [-0.2, 0) is 4.79 Å². The Morgan fingerprint density at radius 2 is 1.77 bits per heavy atom. The van der Waals surface area contributed by atoms with Crippen molar-refractivity contribution in [2.24, 2.45) is 4.99 Å². The third-order valence-corrected chi connectivity index (χ3v) is 4.11. The number of aliphatic hydroxyl groups excluding tert-OH is 1. The normalized spacial score (nSPS) is 10.6. The number of amides is 2. The fourth-order valence-corrected chi connectivity index (χ4v) is 2.53. The summed E-state index contributed by atoms with van der Waals surface area (Å²) in [4.78, 5) is 40.0. The van der Waals surface area contributed by atoms with Crippen molar-refractivity contribution >= 4 is 23.8 Å². The van der Waals surface area contributed by atoms with Crippen molar-refractivity contribution in [3.05, 3.63) is 65.2 Å². The van der Waals surface area contributed by atoms with E-state index in [-0.39, 0.29) is 50.3 Å². The molecule has 0 unspecified atom stereocenters. The standard InChI is InChI=1S/C22H25N3O5/c1-30-19-4-2-3-16(13-19)14-23-15-20(27)17-5-7-18(8-6-17)22(29)25-10-9-21(28)24-11-12-26/h2-8,13-14,26H,9-12,15H2,1H3,(H,24,28)(H,25,29). The number of benzene rings is 2. The van der Waals surface area contributed by atoms with Gasteiger partial charge in [-0.2, -0.15) is 0 Å². The molecule has 0 fully saturated rings. The number of hydrogen-bond acceptors (Lipinski definition) is 6. The summed E-state index contributed by atoms with van der Waals surface area (Å²) >= 11 is 0. The number of carbonyl (C=O) groups excluding carboxylic acids is 3. The molecule has 0 spiro atoms. The maximum absolute atomic E-state index is 12.3. The summed E-state index contributed by atoms with van der Waals surface area (Å²) in [5, 5.41) is 13.8. The first kappa shape index (κ1) is 22.8. The van der Waals surface area contributed by atoms with E-state index < -0.39 is 0 Å². The second-order valence-corrected chi connectivity index (χ2v) is 6.33. The fraction of sp³-hybridized carbons (Fsp3) is 0.273. The molecule has 0 atom stereocenters. The van der Waals surface area contributed by atoms with E-state index in [1.54, 1.807) is 37.6 Å². The average molecular weight is 411 g/mol. The van der Waals surface area contributed by atoms with Gasteiger partial charge in [0.05, 0.1) is 13.7 Å². The van der Waals surface area contributed by atoms with Crippen molar-refractivity contribution < 1.29 is 24.2 Å². The van der Waals surface area contributed by atoms with Crippen LogP contribution in [0.25, 0.3) is 0 Å². The van der Waals surface area contributed by atoms with Crippen LogP contribution in [0.3, 0.4) is 0 Å². The smallest absolute Gasteiger partial charge is 0.251 e. The topological polar surface area (TPSA) is 117 Å². The van der Waals surface area contributed by atoms with Crippen molar-refractivity contribution in [2.75, 3.05) is 33.4 Å². The van der Waals surface area contributed by atoms with Gasteiger partial charge in [0.15, 0.2) is 5.78 Å². The Morgan fingerprint density at radius 3 is 2.47 bits per heavy atom. The van der Waals surface area contributed by atoms with Crippen LogP contribution >= 0.6 is 0 Å². The number of ketones is 1. The molecule has 0 bridgehead atoms. The van der Waals surface area contributed by atoms with Gasteiger partial charge in [-0.05, 0) is 29.8 Å². The van der Waals surface area contributed by atoms with E-state index in [4.69, 9.17) is 9.84 Å². The molecule has 158 valence electrons. The van der Waals surface area contributed by atoms with Crippen LogP contribution in [0.1, 0.15) is 32.7 Å². The third-order valence-electron chi connectivity index (χ3n) is 4.11. The van der Waals surface area contributed by atoms with Crippen LogP contribution in [0.4, 0.5) is 0 Å². The number of Topliss-reactive ketones (excluding diaryl/α,β-unsaturated/α-hetero) is 1. The summed E-state index contributed by atoms with van der Waals surface area (Å²) in [6.45, 7) is 0.225. The van der Waals surface area contributed by atoms with Crippen molar-refractivity contribution in [3.8, 4) is 5.75 Å². The maximum Gasteiger partial charge on any atom is 0.251 e.